The Morgan fingerprint density at radius 3 is 2.45 bits per heavy atom. The van der Waals surface area contributed by atoms with Crippen molar-refractivity contribution in [1.82, 2.24) is 29.7 Å². The molecule has 29 heavy (non-hydrogen) atoms. The number of halogens is 2. The van der Waals surface area contributed by atoms with Crippen LogP contribution in [0.3, 0.4) is 0 Å². The van der Waals surface area contributed by atoms with Crippen molar-refractivity contribution in [2.45, 2.75) is 0 Å². The Bertz CT molecular complexity index is 1310. The van der Waals surface area contributed by atoms with Crippen LogP contribution in [0.4, 0.5) is 8.78 Å². The third-order valence-electron chi connectivity index (χ3n) is 4.49. The zero-order valence-corrected chi connectivity index (χ0v) is 14.9. The molecule has 0 unspecified atom stereocenters. The average molecular weight is 386 g/mol. The molecule has 0 amide bonds. The van der Waals surface area contributed by atoms with Gasteiger partial charge in [0.1, 0.15) is 23.5 Å². The van der Waals surface area contributed by atoms with Crippen molar-refractivity contribution >= 4 is 10.9 Å². The van der Waals surface area contributed by atoms with Crippen LogP contribution in [0.2, 0.25) is 0 Å². The van der Waals surface area contributed by atoms with Gasteiger partial charge in [0.2, 0.25) is 5.95 Å². The lowest BCUT2D eigenvalue weighted by molar-refractivity contribution is 0.588. The highest BCUT2D eigenvalue weighted by Crippen LogP contribution is 2.30. The molecule has 2 aromatic carbocycles. The molecule has 0 atom stereocenters. The summed E-state index contributed by atoms with van der Waals surface area (Å²) in [7, 11) is 0. The van der Waals surface area contributed by atoms with E-state index in [9.17, 15) is 8.78 Å². The summed E-state index contributed by atoms with van der Waals surface area (Å²) >= 11 is 0. The molecule has 3 heterocycles. The Kier molecular flexibility index (Phi) is 4.02. The molecule has 0 fully saturated rings. The van der Waals surface area contributed by atoms with Gasteiger partial charge in [0.05, 0.1) is 17.0 Å². The molecule has 0 N–H and O–H groups in total. The second-order valence-corrected chi connectivity index (χ2v) is 6.28. The highest BCUT2D eigenvalue weighted by molar-refractivity contribution is 5.93. The van der Waals surface area contributed by atoms with Crippen molar-refractivity contribution in [2.24, 2.45) is 0 Å². The van der Waals surface area contributed by atoms with Gasteiger partial charge in [-0.15, -0.1) is 10.2 Å². The predicted octanol–water partition coefficient (Wildman–Crippen LogP) is 4.22. The molecule has 0 saturated heterocycles. The maximum absolute atomic E-state index is 14.1. The summed E-state index contributed by atoms with van der Waals surface area (Å²) in [4.78, 5) is 12.8. The smallest absolute Gasteiger partial charge is 0.235 e. The summed E-state index contributed by atoms with van der Waals surface area (Å²) < 4.78 is 29.9. The van der Waals surface area contributed by atoms with Crippen molar-refractivity contribution in [2.75, 3.05) is 0 Å². The number of benzene rings is 2. The third-order valence-corrected chi connectivity index (χ3v) is 4.49. The van der Waals surface area contributed by atoms with Crippen LogP contribution in [0.25, 0.3) is 39.4 Å². The first-order valence-corrected chi connectivity index (χ1v) is 8.73. The molecule has 6 nitrogen and oxygen atoms in total. The molecule has 0 saturated carbocycles. The highest BCUT2D eigenvalue weighted by Gasteiger charge is 2.15. The summed E-state index contributed by atoms with van der Waals surface area (Å²) in [5.41, 5.74) is 1.89. The summed E-state index contributed by atoms with van der Waals surface area (Å²) in [5.74, 6) is -0.902. The van der Waals surface area contributed by atoms with E-state index in [1.165, 1.54) is 18.2 Å². The van der Waals surface area contributed by atoms with Gasteiger partial charge in [0.25, 0.3) is 0 Å². The van der Waals surface area contributed by atoms with Gasteiger partial charge in [-0.25, -0.2) is 23.7 Å². The lowest BCUT2D eigenvalue weighted by Gasteiger charge is -2.09. The van der Waals surface area contributed by atoms with E-state index in [2.05, 4.69) is 25.1 Å². The Hall–Kier alpha value is -4.07. The van der Waals surface area contributed by atoms with Gasteiger partial charge >= 0.3 is 0 Å². The predicted molar refractivity (Wildman–Crippen MR) is 103 cm³/mol. The van der Waals surface area contributed by atoms with Gasteiger partial charge < -0.3 is 0 Å². The fourth-order valence-corrected chi connectivity index (χ4v) is 3.14. The van der Waals surface area contributed by atoms with Crippen molar-refractivity contribution in [3.63, 3.8) is 0 Å². The summed E-state index contributed by atoms with van der Waals surface area (Å²) in [6.07, 6.45) is 6.64. The Balaban J connectivity index is 1.65. The molecular weight excluding hydrogens is 374 g/mol. The minimum atomic E-state index is -0.685. The standard InChI is InChI=1S/C21H12F2N6/c22-15-5-2-6-16(23)19(15)18-11-13-3-1-4-14(20(13)28-27-18)17-7-8-25-21(26-17)29-10-9-24-12-29/h1-12H. The fraction of sp³-hybridized carbons (Fsp3) is 0. The minimum Gasteiger partial charge on any atom is -0.274 e. The largest absolute Gasteiger partial charge is 0.274 e. The van der Waals surface area contributed by atoms with Crippen LogP contribution >= 0.6 is 0 Å². The molecule has 3 aromatic heterocycles. The molecule has 0 aliphatic heterocycles. The maximum atomic E-state index is 14.1. The topological polar surface area (TPSA) is 69.4 Å². The molecule has 0 aliphatic carbocycles. The summed E-state index contributed by atoms with van der Waals surface area (Å²) in [6, 6.07) is 12.6. The van der Waals surface area contributed by atoms with Gasteiger partial charge in [-0.05, 0) is 24.3 Å². The van der Waals surface area contributed by atoms with Crippen LogP contribution in [-0.4, -0.2) is 29.7 Å². The quantitative estimate of drug-likeness (QED) is 0.464. The number of aromatic nitrogens is 6. The van der Waals surface area contributed by atoms with E-state index in [-0.39, 0.29) is 11.3 Å². The van der Waals surface area contributed by atoms with E-state index in [0.29, 0.717) is 22.5 Å². The first-order valence-electron chi connectivity index (χ1n) is 8.73. The van der Waals surface area contributed by atoms with Crippen LogP contribution in [-0.2, 0) is 0 Å². The monoisotopic (exact) mass is 386 g/mol. The number of nitrogens with zero attached hydrogens (tertiary/aromatic N) is 6. The average Bonchev–Trinajstić information content (AvgIpc) is 3.28. The van der Waals surface area contributed by atoms with Crippen LogP contribution in [0.1, 0.15) is 0 Å². The normalized spacial score (nSPS) is 11.1. The fourth-order valence-electron chi connectivity index (χ4n) is 3.14. The lowest BCUT2D eigenvalue weighted by atomic mass is 10.0. The second kappa shape index (κ2) is 6.83. The zero-order chi connectivity index (χ0) is 19.8. The van der Waals surface area contributed by atoms with Gasteiger partial charge in [0.15, 0.2) is 0 Å². The summed E-state index contributed by atoms with van der Waals surface area (Å²) in [5, 5.41) is 9.01. The summed E-state index contributed by atoms with van der Waals surface area (Å²) in [6.45, 7) is 0. The van der Waals surface area contributed by atoms with Crippen molar-refractivity contribution in [3.8, 4) is 28.5 Å². The molecule has 0 aliphatic rings. The van der Waals surface area contributed by atoms with Crippen LogP contribution in [0.5, 0.6) is 0 Å². The Morgan fingerprint density at radius 1 is 0.828 bits per heavy atom. The number of hydrogen-bond acceptors (Lipinski definition) is 5. The van der Waals surface area contributed by atoms with Gasteiger partial charge in [-0.3, -0.25) is 4.57 Å². The molecule has 0 bridgehead atoms. The van der Waals surface area contributed by atoms with Crippen molar-refractivity contribution in [3.05, 3.63) is 85.1 Å². The number of imidazole rings is 1. The third kappa shape index (κ3) is 3.00. The van der Waals surface area contributed by atoms with Crippen LogP contribution in [0, 0.1) is 11.6 Å². The molecule has 5 rings (SSSR count). The second-order valence-electron chi connectivity index (χ2n) is 6.28. The zero-order valence-electron chi connectivity index (χ0n) is 14.9. The number of rotatable bonds is 3. The van der Waals surface area contributed by atoms with Gasteiger partial charge in [-0.2, -0.15) is 0 Å². The Morgan fingerprint density at radius 2 is 1.66 bits per heavy atom. The first kappa shape index (κ1) is 17.1. The van der Waals surface area contributed by atoms with Crippen LogP contribution < -0.4 is 0 Å². The minimum absolute atomic E-state index is 0.132. The SMILES string of the molecule is Fc1cccc(F)c1-c1cc2cccc(-c3ccnc(-n4ccnc4)n3)c2nn1. The lowest BCUT2D eigenvalue weighted by Crippen LogP contribution is -2.00. The van der Waals surface area contributed by atoms with E-state index in [0.717, 1.165) is 5.56 Å². The number of hydrogen-bond donors (Lipinski definition) is 0. The first-order chi connectivity index (χ1) is 14.2. The molecule has 0 radical (unpaired) electrons. The van der Waals surface area contributed by atoms with E-state index >= 15 is 0 Å². The van der Waals surface area contributed by atoms with E-state index < -0.39 is 11.6 Å². The highest BCUT2D eigenvalue weighted by atomic mass is 19.1. The van der Waals surface area contributed by atoms with Crippen molar-refractivity contribution in [1.29, 1.82) is 0 Å². The van der Waals surface area contributed by atoms with E-state index in [1.54, 1.807) is 41.6 Å². The van der Waals surface area contributed by atoms with Gasteiger partial charge in [0, 0.05) is 29.5 Å². The van der Waals surface area contributed by atoms with Gasteiger partial charge in [-0.1, -0.05) is 24.3 Å². The molecule has 140 valence electrons. The molecule has 0 spiro atoms. The van der Waals surface area contributed by atoms with Crippen molar-refractivity contribution < 1.29 is 8.78 Å². The maximum Gasteiger partial charge on any atom is 0.235 e. The Labute approximate surface area is 163 Å². The van der Waals surface area contributed by atoms with Crippen LogP contribution in [0.15, 0.2) is 73.4 Å². The van der Waals surface area contributed by atoms with E-state index in [1.807, 2.05) is 18.2 Å². The number of fused-ring (bicyclic) bond motifs is 1. The van der Waals surface area contributed by atoms with E-state index in [4.69, 9.17) is 0 Å². The molecule has 8 heteroatoms. The molecule has 5 aromatic rings. The molecular formula is C21H12F2N6.